The smallest absolute Gasteiger partial charge is 0.253 e. The SMILES string of the molecule is O=C(CSc1ccccc1)Nc1ccc(N2CCc3ccccc3C2)c(C(=O)NC2CC2)c1. The Hall–Kier alpha value is -3.25. The predicted octanol–water partition coefficient (Wildman–Crippen LogP) is 4.87. The van der Waals surface area contributed by atoms with Crippen molar-refractivity contribution in [2.75, 3.05) is 22.5 Å². The lowest BCUT2D eigenvalue weighted by atomic mass is 9.98. The molecule has 0 spiro atoms. The lowest BCUT2D eigenvalue weighted by Gasteiger charge is -2.32. The highest BCUT2D eigenvalue weighted by Crippen LogP contribution is 2.31. The minimum Gasteiger partial charge on any atom is -0.366 e. The summed E-state index contributed by atoms with van der Waals surface area (Å²) >= 11 is 1.49. The number of hydrogen-bond donors (Lipinski definition) is 2. The highest BCUT2D eigenvalue weighted by Gasteiger charge is 2.27. The van der Waals surface area contributed by atoms with E-state index in [1.807, 2.05) is 48.5 Å². The van der Waals surface area contributed by atoms with Gasteiger partial charge in [-0.25, -0.2) is 0 Å². The number of amides is 2. The average molecular weight is 458 g/mol. The predicted molar refractivity (Wildman–Crippen MR) is 134 cm³/mol. The van der Waals surface area contributed by atoms with Gasteiger partial charge in [0.2, 0.25) is 5.91 Å². The Labute approximate surface area is 198 Å². The molecule has 0 saturated heterocycles. The number of thioether (sulfide) groups is 1. The second-order valence-electron chi connectivity index (χ2n) is 8.57. The molecule has 3 aromatic rings. The molecule has 0 bridgehead atoms. The van der Waals surface area contributed by atoms with Crippen molar-refractivity contribution in [3.05, 3.63) is 89.5 Å². The summed E-state index contributed by atoms with van der Waals surface area (Å²) in [5.41, 5.74) is 4.86. The second kappa shape index (κ2) is 9.71. The van der Waals surface area contributed by atoms with Crippen LogP contribution in [0.5, 0.6) is 0 Å². The van der Waals surface area contributed by atoms with Crippen LogP contribution < -0.4 is 15.5 Å². The number of fused-ring (bicyclic) bond motifs is 1. The standard InChI is InChI=1S/C27H27N3O2S/c31-26(18-33-23-8-2-1-3-9-23)28-22-12-13-25(24(16-22)27(32)29-21-10-11-21)30-15-14-19-6-4-5-7-20(19)17-30/h1-9,12-13,16,21H,10-11,14-15,17-18H2,(H,28,31)(H,29,32). The van der Waals surface area contributed by atoms with E-state index in [2.05, 4.69) is 39.8 Å². The minimum atomic E-state index is -0.0861. The zero-order chi connectivity index (χ0) is 22.6. The van der Waals surface area contributed by atoms with Crippen molar-refractivity contribution in [3.63, 3.8) is 0 Å². The summed E-state index contributed by atoms with van der Waals surface area (Å²) in [4.78, 5) is 29.0. The van der Waals surface area contributed by atoms with E-state index in [1.54, 1.807) is 0 Å². The van der Waals surface area contributed by atoms with Crippen molar-refractivity contribution in [2.24, 2.45) is 0 Å². The van der Waals surface area contributed by atoms with Gasteiger partial charge < -0.3 is 15.5 Å². The number of nitrogens with one attached hydrogen (secondary N) is 2. The van der Waals surface area contributed by atoms with Gasteiger partial charge in [-0.05, 0) is 60.7 Å². The Morgan fingerprint density at radius 1 is 0.939 bits per heavy atom. The van der Waals surface area contributed by atoms with Crippen LogP contribution in [0, 0.1) is 0 Å². The molecule has 0 radical (unpaired) electrons. The first kappa shape index (κ1) is 21.6. The molecule has 0 atom stereocenters. The largest absolute Gasteiger partial charge is 0.366 e. The van der Waals surface area contributed by atoms with E-state index in [4.69, 9.17) is 0 Å². The lowest BCUT2D eigenvalue weighted by Crippen LogP contribution is -2.33. The monoisotopic (exact) mass is 457 g/mol. The summed E-state index contributed by atoms with van der Waals surface area (Å²) < 4.78 is 0. The molecule has 0 unspecified atom stereocenters. The molecule has 1 aliphatic heterocycles. The fourth-order valence-electron chi connectivity index (χ4n) is 4.13. The van der Waals surface area contributed by atoms with Crippen LogP contribution in [-0.4, -0.2) is 30.2 Å². The molecule has 2 N–H and O–H groups in total. The maximum absolute atomic E-state index is 13.1. The number of hydrogen-bond acceptors (Lipinski definition) is 4. The van der Waals surface area contributed by atoms with Crippen molar-refractivity contribution >= 4 is 35.0 Å². The molecule has 3 aromatic carbocycles. The fourth-order valence-corrected chi connectivity index (χ4v) is 4.85. The first-order valence-corrected chi connectivity index (χ1v) is 12.4. The zero-order valence-electron chi connectivity index (χ0n) is 18.4. The number of anilines is 2. The van der Waals surface area contributed by atoms with Gasteiger partial charge in [-0.2, -0.15) is 0 Å². The molecule has 168 valence electrons. The molecule has 5 rings (SSSR count). The van der Waals surface area contributed by atoms with Crippen LogP contribution in [0.25, 0.3) is 0 Å². The molecule has 1 aliphatic carbocycles. The van der Waals surface area contributed by atoms with Crippen LogP contribution in [0.15, 0.2) is 77.7 Å². The topological polar surface area (TPSA) is 61.4 Å². The Kier molecular flexibility index (Phi) is 6.35. The van der Waals surface area contributed by atoms with E-state index in [9.17, 15) is 9.59 Å². The minimum absolute atomic E-state index is 0.0684. The highest BCUT2D eigenvalue weighted by molar-refractivity contribution is 8.00. The summed E-state index contributed by atoms with van der Waals surface area (Å²) in [6, 6.07) is 24.3. The van der Waals surface area contributed by atoms with Gasteiger partial charge in [-0.3, -0.25) is 9.59 Å². The van der Waals surface area contributed by atoms with Gasteiger partial charge >= 0.3 is 0 Å². The summed E-state index contributed by atoms with van der Waals surface area (Å²) in [7, 11) is 0. The van der Waals surface area contributed by atoms with Crippen molar-refractivity contribution in [1.82, 2.24) is 5.32 Å². The Morgan fingerprint density at radius 2 is 1.70 bits per heavy atom. The quantitative estimate of drug-likeness (QED) is 0.497. The molecular weight excluding hydrogens is 430 g/mol. The van der Waals surface area contributed by atoms with Gasteiger partial charge in [0.05, 0.1) is 11.3 Å². The van der Waals surface area contributed by atoms with E-state index in [1.165, 1.54) is 22.9 Å². The molecule has 1 fully saturated rings. The van der Waals surface area contributed by atoms with Gasteiger partial charge in [0.15, 0.2) is 0 Å². The third-order valence-electron chi connectivity index (χ3n) is 6.02. The van der Waals surface area contributed by atoms with E-state index >= 15 is 0 Å². The highest BCUT2D eigenvalue weighted by atomic mass is 32.2. The molecule has 2 aliphatic rings. The second-order valence-corrected chi connectivity index (χ2v) is 9.62. The Morgan fingerprint density at radius 3 is 2.48 bits per heavy atom. The molecular formula is C27H27N3O2S. The first-order chi connectivity index (χ1) is 16.2. The van der Waals surface area contributed by atoms with E-state index in [0.29, 0.717) is 17.0 Å². The summed E-state index contributed by atoms with van der Waals surface area (Å²) in [5.74, 6) is 0.163. The number of rotatable bonds is 7. The zero-order valence-corrected chi connectivity index (χ0v) is 19.2. The van der Waals surface area contributed by atoms with Gasteiger partial charge in [-0.15, -0.1) is 11.8 Å². The van der Waals surface area contributed by atoms with Crippen LogP contribution in [0.3, 0.4) is 0 Å². The molecule has 1 saturated carbocycles. The normalized spacial score (nSPS) is 15.0. The third-order valence-corrected chi connectivity index (χ3v) is 7.03. The number of benzene rings is 3. The number of nitrogens with zero attached hydrogens (tertiary/aromatic N) is 1. The van der Waals surface area contributed by atoms with Crippen molar-refractivity contribution in [3.8, 4) is 0 Å². The van der Waals surface area contributed by atoms with Crippen LogP contribution in [-0.2, 0) is 17.8 Å². The summed E-state index contributed by atoms with van der Waals surface area (Å²) in [6.45, 7) is 1.64. The van der Waals surface area contributed by atoms with E-state index in [-0.39, 0.29) is 17.9 Å². The van der Waals surface area contributed by atoms with Crippen LogP contribution in [0.4, 0.5) is 11.4 Å². The van der Waals surface area contributed by atoms with Crippen LogP contribution >= 0.6 is 11.8 Å². The number of carbonyl (C=O) groups is 2. The van der Waals surface area contributed by atoms with Gasteiger partial charge in [0.25, 0.3) is 5.91 Å². The van der Waals surface area contributed by atoms with Crippen LogP contribution in [0.1, 0.15) is 34.3 Å². The van der Waals surface area contributed by atoms with Crippen molar-refractivity contribution in [2.45, 2.75) is 36.7 Å². The molecule has 1 heterocycles. The summed E-state index contributed by atoms with van der Waals surface area (Å²) in [5, 5.41) is 6.08. The average Bonchev–Trinajstić information content (AvgIpc) is 3.67. The summed E-state index contributed by atoms with van der Waals surface area (Å²) in [6.07, 6.45) is 3.02. The Bertz CT molecular complexity index is 1160. The maximum atomic E-state index is 13.1. The molecule has 5 nitrogen and oxygen atoms in total. The first-order valence-electron chi connectivity index (χ1n) is 11.4. The van der Waals surface area contributed by atoms with Crippen molar-refractivity contribution in [1.29, 1.82) is 0 Å². The molecule has 0 aromatic heterocycles. The molecule has 2 amide bonds. The lowest BCUT2D eigenvalue weighted by molar-refractivity contribution is -0.113. The van der Waals surface area contributed by atoms with E-state index < -0.39 is 0 Å². The van der Waals surface area contributed by atoms with Gasteiger partial charge in [-0.1, -0.05) is 42.5 Å². The third kappa shape index (κ3) is 5.40. The van der Waals surface area contributed by atoms with Crippen molar-refractivity contribution < 1.29 is 9.59 Å². The fraction of sp³-hybridized carbons (Fsp3) is 0.259. The Balaban J connectivity index is 1.33. The number of carbonyl (C=O) groups excluding carboxylic acids is 2. The van der Waals surface area contributed by atoms with Gasteiger partial charge in [0, 0.05) is 35.4 Å². The van der Waals surface area contributed by atoms with Crippen LogP contribution in [0.2, 0.25) is 0 Å². The molecule has 6 heteroatoms. The van der Waals surface area contributed by atoms with E-state index in [0.717, 1.165) is 42.9 Å². The maximum Gasteiger partial charge on any atom is 0.253 e. The molecule has 33 heavy (non-hydrogen) atoms. The van der Waals surface area contributed by atoms with Gasteiger partial charge in [0.1, 0.15) is 0 Å².